The van der Waals surface area contributed by atoms with Gasteiger partial charge in [0.25, 0.3) is 0 Å². The number of H-pyrrole nitrogens is 1. The highest BCUT2D eigenvalue weighted by atomic mass is 15.2. The van der Waals surface area contributed by atoms with Gasteiger partial charge in [0, 0.05) is 19.3 Å². The zero-order valence-electron chi connectivity index (χ0n) is 16.0. The smallest absolute Gasteiger partial charge is 0.326 e. The number of nitrogens with one attached hydrogen (secondary N) is 2. The summed E-state index contributed by atoms with van der Waals surface area (Å²) in [5, 5.41) is 0. The highest BCUT2D eigenvalue weighted by Gasteiger charge is 2.55. The number of rotatable bonds is 3. The van der Waals surface area contributed by atoms with E-state index in [0.29, 0.717) is 5.54 Å². The van der Waals surface area contributed by atoms with Crippen molar-refractivity contribution < 1.29 is 9.47 Å². The van der Waals surface area contributed by atoms with Crippen LogP contribution in [0, 0.1) is 17.8 Å². The van der Waals surface area contributed by atoms with Gasteiger partial charge in [-0.3, -0.25) is 0 Å². The molecule has 4 aliphatic rings. The van der Waals surface area contributed by atoms with Crippen LogP contribution in [0.4, 0.5) is 0 Å². The first-order valence-corrected chi connectivity index (χ1v) is 10.4. The molecular formula is C22H30N4+2. The Morgan fingerprint density at radius 2 is 1.77 bits per heavy atom. The molecule has 4 heteroatoms. The van der Waals surface area contributed by atoms with Crippen LogP contribution in [0.1, 0.15) is 44.2 Å². The molecule has 4 bridgehead atoms. The standard InChI is InChI=1S/C22H28N4/c1-24(22-10-15-7-16(11-22)9-17(8-15)12-22)13-18-14-26-20-6-4-3-5-19(20)25(2)21(26)23-18/h3-6,14-17H,7-13H2,1-2H3/p+2. The molecule has 2 N–H and O–H groups in total. The topological polar surface area (TPSA) is 28.5 Å². The third-order valence-corrected chi connectivity index (χ3v) is 8.00. The molecule has 1 atom stereocenters. The van der Waals surface area contributed by atoms with Gasteiger partial charge in [0.05, 0.1) is 19.6 Å². The molecule has 0 spiro atoms. The molecule has 0 saturated heterocycles. The van der Waals surface area contributed by atoms with E-state index in [1.54, 1.807) is 4.90 Å². The Morgan fingerprint density at radius 3 is 2.46 bits per heavy atom. The first-order valence-electron chi connectivity index (χ1n) is 10.4. The van der Waals surface area contributed by atoms with Crippen molar-refractivity contribution in [1.82, 2.24) is 9.38 Å². The van der Waals surface area contributed by atoms with Crippen LogP contribution >= 0.6 is 0 Å². The van der Waals surface area contributed by atoms with E-state index in [1.165, 1.54) is 61.0 Å². The number of benzene rings is 1. The molecule has 0 amide bonds. The third kappa shape index (κ3) is 2.02. The fourth-order valence-electron chi connectivity index (χ4n) is 7.14. The highest BCUT2D eigenvalue weighted by molar-refractivity contribution is 5.74. The van der Waals surface area contributed by atoms with Crippen molar-refractivity contribution in [2.45, 2.75) is 50.6 Å². The number of aromatic amines is 1. The molecule has 7 rings (SSSR count). The lowest BCUT2D eigenvalue weighted by molar-refractivity contribution is -0.954. The summed E-state index contributed by atoms with van der Waals surface area (Å²) >= 11 is 0. The number of hydrogen-bond donors (Lipinski definition) is 2. The molecular weight excluding hydrogens is 320 g/mol. The van der Waals surface area contributed by atoms with E-state index in [2.05, 4.69) is 58.5 Å². The van der Waals surface area contributed by atoms with Crippen molar-refractivity contribution in [2.24, 2.45) is 24.8 Å². The number of quaternary nitrogens is 1. The zero-order chi connectivity index (χ0) is 17.5. The van der Waals surface area contributed by atoms with Crippen molar-refractivity contribution in [1.29, 1.82) is 0 Å². The Morgan fingerprint density at radius 1 is 1.12 bits per heavy atom. The second-order valence-corrected chi connectivity index (χ2v) is 9.68. The number of nitrogens with zero attached hydrogens (tertiary/aromatic N) is 2. The summed E-state index contributed by atoms with van der Waals surface area (Å²) in [6, 6.07) is 8.67. The first-order chi connectivity index (χ1) is 12.6. The Hall–Kier alpha value is -1.81. The molecule has 1 aromatic carbocycles. The van der Waals surface area contributed by atoms with Gasteiger partial charge in [0.15, 0.2) is 5.69 Å². The average Bonchev–Trinajstić information content (AvgIpc) is 3.13. The molecule has 4 fully saturated rings. The van der Waals surface area contributed by atoms with Crippen molar-refractivity contribution >= 4 is 16.8 Å². The predicted octanol–water partition coefficient (Wildman–Crippen LogP) is 2.23. The molecule has 26 heavy (non-hydrogen) atoms. The summed E-state index contributed by atoms with van der Waals surface area (Å²) in [6.07, 6.45) is 11.3. The lowest BCUT2D eigenvalue weighted by Gasteiger charge is -2.57. The first kappa shape index (κ1) is 15.3. The molecule has 1 unspecified atom stereocenters. The number of para-hydroxylation sites is 2. The molecule has 136 valence electrons. The van der Waals surface area contributed by atoms with Gasteiger partial charge >= 0.3 is 5.78 Å². The van der Waals surface area contributed by atoms with Crippen LogP contribution in [0.5, 0.6) is 0 Å². The monoisotopic (exact) mass is 350 g/mol. The van der Waals surface area contributed by atoms with Crippen LogP contribution in [-0.4, -0.2) is 22.0 Å². The summed E-state index contributed by atoms with van der Waals surface area (Å²) < 4.78 is 4.61. The van der Waals surface area contributed by atoms with Crippen LogP contribution in [0.2, 0.25) is 0 Å². The summed E-state index contributed by atoms with van der Waals surface area (Å²) in [6.45, 7) is 1.11. The maximum Gasteiger partial charge on any atom is 0.367 e. The largest absolute Gasteiger partial charge is 0.367 e. The highest BCUT2D eigenvalue weighted by Crippen LogP contribution is 2.54. The zero-order valence-corrected chi connectivity index (χ0v) is 16.0. The number of aromatic nitrogens is 3. The van der Waals surface area contributed by atoms with Gasteiger partial charge in [-0.15, -0.1) is 0 Å². The molecule has 3 aromatic rings. The molecule has 4 aliphatic carbocycles. The number of fused-ring (bicyclic) bond motifs is 3. The Balaban J connectivity index is 1.33. The number of hydrogen-bond acceptors (Lipinski definition) is 0. The SMILES string of the molecule is C[n+]1c2ccccc2n2cc(C[NH+](C)C34CC5CC(CC(C5)C3)C4)[nH]c21. The quantitative estimate of drug-likeness (QED) is 0.679. The summed E-state index contributed by atoms with van der Waals surface area (Å²) in [7, 11) is 4.62. The Bertz CT molecular complexity index is 959. The van der Waals surface area contributed by atoms with Crippen molar-refractivity contribution in [2.75, 3.05) is 7.05 Å². The molecule has 4 nitrogen and oxygen atoms in total. The molecule has 0 aliphatic heterocycles. The van der Waals surface area contributed by atoms with E-state index in [-0.39, 0.29) is 0 Å². The van der Waals surface area contributed by atoms with E-state index >= 15 is 0 Å². The van der Waals surface area contributed by atoms with E-state index in [4.69, 9.17) is 0 Å². The minimum Gasteiger partial charge on any atom is -0.326 e. The van der Waals surface area contributed by atoms with Gasteiger partial charge in [0.1, 0.15) is 23.8 Å². The van der Waals surface area contributed by atoms with Crippen molar-refractivity contribution in [3.05, 3.63) is 36.2 Å². The molecule has 4 saturated carbocycles. The van der Waals surface area contributed by atoms with Gasteiger partial charge in [0.2, 0.25) is 0 Å². The summed E-state index contributed by atoms with van der Waals surface area (Å²) in [4.78, 5) is 5.46. The van der Waals surface area contributed by atoms with Gasteiger partial charge in [-0.1, -0.05) is 12.1 Å². The summed E-state index contributed by atoms with van der Waals surface area (Å²) in [5.74, 6) is 4.27. The lowest BCUT2D eigenvalue weighted by Crippen LogP contribution is -3.17. The second-order valence-electron chi connectivity index (χ2n) is 9.68. The third-order valence-electron chi connectivity index (χ3n) is 8.00. The number of aryl methyl sites for hydroxylation is 1. The van der Waals surface area contributed by atoms with Gasteiger partial charge < -0.3 is 4.90 Å². The van der Waals surface area contributed by atoms with Crippen molar-refractivity contribution in [3.8, 4) is 0 Å². The van der Waals surface area contributed by atoms with Crippen LogP contribution < -0.4 is 9.47 Å². The van der Waals surface area contributed by atoms with E-state index in [0.717, 1.165) is 24.3 Å². The molecule has 2 heterocycles. The van der Waals surface area contributed by atoms with Crippen molar-refractivity contribution in [3.63, 3.8) is 0 Å². The summed E-state index contributed by atoms with van der Waals surface area (Å²) in [5.41, 5.74) is 4.50. The Kier molecular flexibility index (Phi) is 3.01. The average molecular weight is 351 g/mol. The van der Waals surface area contributed by atoms with Crippen LogP contribution in [0.15, 0.2) is 30.5 Å². The maximum absolute atomic E-state index is 3.72. The van der Waals surface area contributed by atoms with Crippen LogP contribution in [0.25, 0.3) is 16.8 Å². The lowest BCUT2D eigenvalue weighted by atomic mass is 9.52. The Labute approximate surface area is 154 Å². The molecule has 2 aromatic heterocycles. The maximum atomic E-state index is 3.72. The van der Waals surface area contributed by atoms with E-state index in [9.17, 15) is 0 Å². The van der Waals surface area contributed by atoms with Gasteiger partial charge in [-0.2, -0.15) is 4.40 Å². The second kappa shape index (κ2) is 5.13. The van der Waals surface area contributed by atoms with E-state index < -0.39 is 0 Å². The van der Waals surface area contributed by atoms with Gasteiger partial charge in [-0.25, -0.2) is 9.55 Å². The van der Waals surface area contributed by atoms with Crippen LogP contribution in [-0.2, 0) is 13.6 Å². The fourth-order valence-corrected chi connectivity index (χ4v) is 7.14. The minimum absolute atomic E-state index is 0.554. The minimum atomic E-state index is 0.554. The number of imidazole rings is 2. The van der Waals surface area contributed by atoms with E-state index in [1.807, 2.05) is 0 Å². The fraction of sp³-hybridized carbons (Fsp3) is 0.591. The molecule has 0 radical (unpaired) electrons. The van der Waals surface area contributed by atoms with Crippen LogP contribution in [0.3, 0.4) is 0 Å². The van der Waals surface area contributed by atoms with Gasteiger partial charge in [-0.05, 0) is 49.1 Å². The predicted molar refractivity (Wildman–Crippen MR) is 102 cm³/mol. The normalized spacial score (nSPS) is 34.2.